The molecule has 0 aliphatic carbocycles. The van der Waals surface area contributed by atoms with Crippen molar-refractivity contribution in [2.45, 2.75) is 25.7 Å². The predicted molar refractivity (Wildman–Crippen MR) is 76.6 cm³/mol. The molecule has 3 nitrogen and oxygen atoms in total. The summed E-state index contributed by atoms with van der Waals surface area (Å²) in [7, 11) is 0. The Morgan fingerprint density at radius 3 is 1.70 bits per heavy atom. The van der Waals surface area contributed by atoms with Gasteiger partial charge in [0.15, 0.2) is 0 Å². The zero-order valence-corrected chi connectivity index (χ0v) is 13.0. The summed E-state index contributed by atoms with van der Waals surface area (Å²) in [6, 6.07) is 6.12. The van der Waals surface area contributed by atoms with Gasteiger partial charge in [-0.05, 0) is 57.9 Å². The quantitative estimate of drug-likeness (QED) is 0.618. The lowest BCUT2D eigenvalue weighted by Crippen LogP contribution is -2.19. The van der Waals surface area contributed by atoms with Gasteiger partial charge in [0.1, 0.15) is 5.82 Å². The van der Waals surface area contributed by atoms with Crippen LogP contribution in [0.15, 0.2) is 24.3 Å². The van der Waals surface area contributed by atoms with Crippen molar-refractivity contribution < 1.29 is 18.8 Å². The van der Waals surface area contributed by atoms with Crippen molar-refractivity contribution in [2.75, 3.05) is 0 Å². The average molecular weight is 342 g/mol. The van der Waals surface area contributed by atoms with E-state index in [4.69, 9.17) is 11.6 Å². The first-order chi connectivity index (χ1) is 9.06. The lowest BCUT2D eigenvalue weighted by molar-refractivity contribution is -0.127. The first-order valence-corrected chi connectivity index (χ1v) is 6.53. The Hall–Kier alpha value is -0.970. The molecule has 0 fully saturated rings. The van der Waals surface area contributed by atoms with E-state index in [1.807, 2.05) is 13.8 Å². The maximum Gasteiger partial charge on any atom is 0.304 e. The van der Waals surface area contributed by atoms with Gasteiger partial charge in [-0.1, -0.05) is 26.0 Å². The van der Waals surface area contributed by atoms with Crippen LogP contribution in [-0.2, 0) is 19.8 Å². The Morgan fingerprint density at radius 1 is 1.00 bits per heavy atom. The van der Waals surface area contributed by atoms with E-state index in [0.29, 0.717) is 0 Å². The molecule has 0 radical (unpaired) electrons. The number of halogens is 4. The Labute approximate surface area is 131 Å². The number of hydrogen-bond donors (Lipinski definition) is 0. The van der Waals surface area contributed by atoms with Crippen LogP contribution in [-0.4, -0.2) is 15.7 Å². The first kappa shape index (κ1) is 19.0. The highest BCUT2D eigenvalue weighted by Crippen LogP contribution is 2.27. The van der Waals surface area contributed by atoms with E-state index in [1.54, 1.807) is 12.1 Å². The van der Waals surface area contributed by atoms with E-state index in [-0.39, 0.29) is 22.9 Å². The van der Waals surface area contributed by atoms with Crippen molar-refractivity contribution in [2.24, 2.45) is 0 Å². The lowest BCUT2D eigenvalue weighted by atomic mass is 9.82. The molecule has 0 N–H and O–H groups in total. The van der Waals surface area contributed by atoms with Crippen LogP contribution in [0.4, 0.5) is 4.39 Å². The van der Waals surface area contributed by atoms with Gasteiger partial charge in [0.2, 0.25) is 5.24 Å². The Balaban J connectivity index is 0.000000511. The second-order valence-electron chi connectivity index (χ2n) is 4.47. The van der Waals surface area contributed by atoms with Gasteiger partial charge in [-0.25, -0.2) is 4.39 Å². The van der Waals surface area contributed by atoms with E-state index in [0.717, 1.165) is 5.56 Å². The number of benzene rings is 1. The average Bonchev–Trinajstić information content (AvgIpc) is 2.28. The molecule has 0 aliphatic heterocycles. The van der Waals surface area contributed by atoms with Gasteiger partial charge in [0.25, 0.3) is 0 Å². The molecule has 1 aromatic carbocycles. The highest BCUT2D eigenvalue weighted by Gasteiger charge is 2.23. The maximum absolute atomic E-state index is 12.6. The second kappa shape index (κ2) is 8.35. The molecule has 110 valence electrons. The largest absolute Gasteiger partial charge is 0.304 e. The van der Waals surface area contributed by atoms with Crippen molar-refractivity contribution in [3.8, 4) is 0 Å². The number of carbonyl (C=O) groups is 3. The lowest BCUT2D eigenvalue weighted by Gasteiger charge is -2.23. The molecule has 0 aromatic heterocycles. The molecule has 0 unspecified atom stereocenters. The molecular weight excluding hydrogens is 329 g/mol. The van der Waals surface area contributed by atoms with Crippen molar-refractivity contribution in [3.63, 3.8) is 0 Å². The summed E-state index contributed by atoms with van der Waals surface area (Å²) in [6.07, 6.45) is 0.250. The molecule has 1 aromatic rings. The molecule has 0 saturated carbocycles. The third-order valence-electron chi connectivity index (χ3n) is 2.36. The van der Waals surface area contributed by atoms with Crippen molar-refractivity contribution in [1.29, 1.82) is 0 Å². The van der Waals surface area contributed by atoms with Crippen LogP contribution in [0.5, 0.6) is 0 Å². The Kier molecular flexibility index (Phi) is 7.94. The fraction of sp³-hybridized carbons (Fsp3) is 0.308. The molecule has 7 heteroatoms. The molecular formula is C13H12Cl3FO3. The third-order valence-corrected chi connectivity index (χ3v) is 2.93. The van der Waals surface area contributed by atoms with Gasteiger partial charge >= 0.3 is 10.5 Å². The molecule has 20 heavy (non-hydrogen) atoms. The summed E-state index contributed by atoms with van der Waals surface area (Å²) in [5.74, 6) is -0.276. The van der Waals surface area contributed by atoms with Crippen LogP contribution in [0.25, 0.3) is 0 Å². The summed E-state index contributed by atoms with van der Waals surface area (Å²) in [6.45, 7) is 3.81. The zero-order valence-electron chi connectivity index (χ0n) is 10.8. The van der Waals surface area contributed by atoms with Crippen LogP contribution in [0.2, 0.25) is 0 Å². The van der Waals surface area contributed by atoms with E-state index >= 15 is 0 Å². The summed E-state index contributed by atoms with van der Waals surface area (Å²) >= 11 is 14.3. The standard InChI is InChI=1S/C11H12ClFO.C2Cl2O2/c1-11(2,7-10(12)14)8-3-5-9(13)6-4-8;3-1(5)2(4)6/h3-6H,7H2,1-2H3;. The van der Waals surface area contributed by atoms with Crippen LogP contribution in [0.3, 0.4) is 0 Å². The van der Waals surface area contributed by atoms with Crippen LogP contribution < -0.4 is 0 Å². The van der Waals surface area contributed by atoms with E-state index in [9.17, 15) is 18.8 Å². The van der Waals surface area contributed by atoms with Gasteiger partial charge < -0.3 is 0 Å². The highest BCUT2D eigenvalue weighted by atomic mass is 35.5. The van der Waals surface area contributed by atoms with Crippen LogP contribution in [0, 0.1) is 5.82 Å². The molecule has 0 amide bonds. The van der Waals surface area contributed by atoms with Gasteiger partial charge in [-0.2, -0.15) is 0 Å². The maximum atomic E-state index is 12.6. The summed E-state index contributed by atoms with van der Waals surface area (Å²) in [4.78, 5) is 29.6. The summed E-state index contributed by atoms with van der Waals surface area (Å²) in [5, 5.41) is -2.66. The summed E-state index contributed by atoms with van der Waals surface area (Å²) < 4.78 is 12.6. The zero-order chi connectivity index (χ0) is 15.9. The molecule has 0 heterocycles. The normalized spacial score (nSPS) is 10.3. The second-order valence-corrected chi connectivity index (χ2v) is 5.58. The minimum atomic E-state index is -1.14. The van der Waals surface area contributed by atoms with Crippen LogP contribution >= 0.6 is 34.8 Å². The molecule has 1 rings (SSSR count). The SMILES string of the molecule is CC(C)(CC(=O)Cl)c1ccc(F)cc1.O=C(Cl)C(=O)Cl. The smallest absolute Gasteiger partial charge is 0.281 e. The third kappa shape index (κ3) is 7.58. The monoisotopic (exact) mass is 340 g/mol. The van der Waals surface area contributed by atoms with Gasteiger partial charge in [0, 0.05) is 6.42 Å². The fourth-order valence-corrected chi connectivity index (χ4v) is 1.68. The van der Waals surface area contributed by atoms with E-state index < -0.39 is 10.5 Å². The molecule has 0 saturated heterocycles. The fourth-order valence-electron chi connectivity index (χ4n) is 1.35. The first-order valence-electron chi connectivity index (χ1n) is 5.40. The minimum absolute atomic E-state index is 0.250. The number of carbonyl (C=O) groups excluding carboxylic acids is 3. The van der Waals surface area contributed by atoms with Crippen LogP contribution in [0.1, 0.15) is 25.8 Å². The van der Waals surface area contributed by atoms with E-state index in [1.165, 1.54) is 12.1 Å². The van der Waals surface area contributed by atoms with Crippen molar-refractivity contribution >= 4 is 50.5 Å². The molecule has 0 bridgehead atoms. The highest BCUT2D eigenvalue weighted by molar-refractivity contribution is 6.97. The van der Waals surface area contributed by atoms with Gasteiger partial charge in [-0.15, -0.1) is 0 Å². The molecule has 0 aliphatic rings. The predicted octanol–water partition coefficient (Wildman–Crippen LogP) is 3.78. The topological polar surface area (TPSA) is 51.2 Å². The van der Waals surface area contributed by atoms with Crippen molar-refractivity contribution in [1.82, 2.24) is 0 Å². The number of rotatable bonds is 4. The molecule has 0 atom stereocenters. The summed E-state index contributed by atoms with van der Waals surface area (Å²) in [5.41, 5.74) is 0.569. The van der Waals surface area contributed by atoms with Crippen molar-refractivity contribution in [3.05, 3.63) is 35.6 Å². The Bertz CT molecular complexity index is 486. The molecule has 0 spiro atoms. The number of hydrogen-bond acceptors (Lipinski definition) is 3. The van der Waals surface area contributed by atoms with Gasteiger partial charge in [-0.3, -0.25) is 14.4 Å². The van der Waals surface area contributed by atoms with E-state index in [2.05, 4.69) is 23.2 Å². The Morgan fingerprint density at radius 2 is 1.40 bits per heavy atom. The minimum Gasteiger partial charge on any atom is -0.281 e. The van der Waals surface area contributed by atoms with Gasteiger partial charge in [0.05, 0.1) is 0 Å².